The van der Waals surface area contributed by atoms with E-state index in [1.165, 1.54) is 7.05 Å². The molecular weight excluding hydrogens is 310 g/mol. The molecule has 0 unspecified atom stereocenters. The van der Waals surface area contributed by atoms with Crippen molar-refractivity contribution in [1.82, 2.24) is 10.6 Å². The maximum absolute atomic E-state index is 14.1. The number of carbonyl (C=O) groups is 1. The lowest BCUT2D eigenvalue weighted by Crippen LogP contribution is -2.33. The number of benzene rings is 2. The average molecular weight is 330 g/mol. The van der Waals surface area contributed by atoms with E-state index in [2.05, 4.69) is 10.6 Å². The second kappa shape index (κ2) is 8.24. The van der Waals surface area contributed by atoms with Gasteiger partial charge < -0.3 is 10.6 Å². The van der Waals surface area contributed by atoms with Gasteiger partial charge in [-0.3, -0.25) is 0 Å². The van der Waals surface area contributed by atoms with Gasteiger partial charge in [-0.05, 0) is 35.3 Å². The zero-order valence-corrected chi connectivity index (χ0v) is 13.6. The summed E-state index contributed by atoms with van der Waals surface area (Å²) in [7, 11) is 1.49. The van der Waals surface area contributed by atoms with Crippen molar-refractivity contribution in [2.24, 2.45) is 0 Å². The number of amides is 2. The van der Waals surface area contributed by atoms with Crippen molar-refractivity contribution in [3.05, 3.63) is 77.4 Å². The molecule has 0 bridgehead atoms. The van der Waals surface area contributed by atoms with Gasteiger partial charge in [-0.2, -0.15) is 0 Å². The second-order valence-corrected chi connectivity index (χ2v) is 5.45. The molecule has 2 rings (SSSR count). The lowest BCUT2D eigenvalue weighted by Gasteiger charge is -2.14. The normalized spacial score (nSPS) is 12.6. The Hall–Kier alpha value is -2.69. The third-order valence-corrected chi connectivity index (χ3v) is 3.72. The van der Waals surface area contributed by atoms with Gasteiger partial charge in [-0.25, -0.2) is 13.6 Å². The molecule has 126 valence electrons. The Kier molecular flexibility index (Phi) is 6.07. The summed E-state index contributed by atoms with van der Waals surface area (Å²) >= 11 is 0. The molecule has 0 radical (unpaired) electrons. The van der Waals surface area contributed by atoms with E-state index in [4.69, 9.17) is 0 Å². The van der Waals surface area contributed by atoms with Crippen LogP contribution in [0.15, 0.2) is 54.6 Å². The molecule has 0 spiro atoms. The molecule has 0 aliphatic rings. The molecule has 0 heterocycles. The summed E-state index contributed by atoms with van der Waals surface area (Å²) in [6.07, 6.45) is 1.84. The number of hydrogen-bond acceptors (Lipinski definition) is 1. The molecule has 0 saturated carbocycles. The molecule has 1 atom stereocenters. The molecule has 5 heteroatoms. The number of halogens is 2. The minimum absolute atomic E-state index is 0.0182. The van der Waals surface area contributed by atoms with Gasteiger partial charge >= 0.3 is 6.03 Å². The Morgan fingerprint density at radius 3 is 2.54 bits per heavy atom. The summed E-state index contributed by atoms with van der Waals surface area (Å²) in [5.74, 6) is -1.07. The summed E-state index contributed by atoms with van der Waals surface area (Å²) < 4.78 is 27.7. The van der Waals surface area contributed by atoms with Crippen LogP contribution in [0, 0.1) is 11.6 Å². The van der Waals surface area contributed by atoms with Gasteiger partial charge in [-0.1, -0.05) is 43.3 Å². The monoisotopic (exact) mass is 330 g/mol. The van der Waals surface area contributed by atoms with Crippen LogP contribution in [0.25, 0.3) is 5.57 Å². The predicted molar refractivity (Wildman–Crippen MR) is 91.7 cm³/mol. The zero-order chi connectivity index (χ0) is 17.5. The van der Waals surface area contributed by atoms with Gasteiger partial charge in [-0.15, -0.1) is 0 Å². The summed E-state index contributed by atoms with van der Waals surface area (Å²) in [4.78, 5) is 11.4. The van der Waals surface area contributed by atoms with E-state index in [1.807, 2.05) is 43.3 Å². The van der Waals surface area contributed by atoms with Crippen molar-refractivity contribution in [2.45, 2.75) is 12.8 Å². The van der Waals surface area contributed by atoms with E-state index in [0.29, 0.717) is 5.57 Å². The summed E-state index contributed by atoms with van der Waals surface area (Å²) in [6.45, 7) is 2.06. The Labute approximate surface area is 140 Å². The first kappa shape index (κ1) is 17.7. The molecule has 3 nitrogen and oxygen atoms in total. The average Bonchev–Trinajstić information content (AvgIpc) is 2.61. The summed E-state index contributed by atoms with van der Waals surface area (Å²) in [5, 5.41) is 5.06. The van der Waals surface area contributed by atoms with Crippen LogP contribution >= 0.6 is 0 Å². The van der Waals surface area contributed by atoms with Crippen molar-refractivity contribution in [3.8, 4) is 0 Å². The van der Waals surface area contributed by atoms with Crippen LogP contribution in [0.1, 0.15) is 24.0 Å². The molecule has 0 aromatic heterocycles. The molecule has 0 saturated heterocycles. The van der Waals surface area contributed by atoms with Gasteiger partial charge in [0.25, 0.3) is 0 Å². The Bertz CT molecular complexity index is 729. The molecule has 0 fully saturated rings. The van der Waals surface area contributed by atoms with E-state index in [1.54, 1.807) is 0 Å². The van der Waals surface area contributed by atoms with Crippen molar-refractivity contribution in [3.63, 3.8) is 0 Å². The van der Waals surface area contributed by atoms with E-state index >= 15 is 0 Å². The molecule has 24 heavy (non-hydrogen) atoms. The lowest BCUT2D eigenvalue weighted by atomic mass is 9.95. The fraction of sp³-hybridized carbons (Fsp3) is 0.211. The topological polar surface area (TPSA) is 41.1 Å². The van der Waals surface area contributed by atoms with Gasteiger partial charge in [0.1, 0.15) is 11.6 Å². The van der Waals surface area contributed by atoms with Crippen molar-refractivity contribution >= 4 is 11.6 Å². The van der Waals surface area contributed by atoms with Crippen LogP contribution in [-0.4, -0.2) is 19.6 Å². The van der Waals surface area contributed by atoms with Gasteiger partial charge in [0, 0.05) is 19.2 Å². The Morgan fingerprint density at radius 2 is 1.88 bits per heavy atom. The standard InChI is InChI=1S/C19H20F2N2O/c1-13(14-6-4-3-5-7-14)10-15(12-23-19(24)22-2)17-11-16(20)8-9-18(17)21/h3-11,13H,12H2,1-2H3,(H2,22,23,24)/b15-10+/t13-/m1/s1. The second-order valence-electron chi connectivity index (χ2n) is 5.45. The fourth-order valence-corrected chi connectivity index (χ4v) is 2.41. The van der Waals surface area contributed by atoms with Crippen LogP contribution in [0.5, 0.6) is 0 Å². The van der Waals surface area contributed by atoms with E-state index in [0.717, 1.165) is 23.8 Å². The Morgan fingerprint density at radius 1 is 1.17 bits per heavy atom. The predicted octanol–water partition coefficient (Wildman–Crippen LogP) is 4.08. The molecule has 2 amide bonds. The van der Waals surface area contributed by atoms with E-state index in [-0.39, 0.29) is 24.1 Å². The van der Waals surface area contributed by atoms with Gasteiger partial charge in [0.15, 0.2) is 0 Å². The number of urea groups is 1. The third kappa shape index (κ3) is 4.65. The highest BCUT2D eigenvalue weighted by molar-refractivity contribution is 5.77. The maximum atomic E-state index is 14.1. The zero-order valence-electron chi connectivity index (χ0n) is 13.6. The molecular formula is C19H20F2N2O. The van der Waals surface area contributed by atoms with Crippen LogP contribution in [0.4, 0.5) is 13.6 Å². The highest BCUT2D eigenvalue weighted by atomic mass is 19.1. The van der Waals surface area contributed by atoms with Crippen LogP contribution in [0.3, 0.4) is 0 Å². The van der Waals surface area contributed by atoms with Crippen LogP contribution in [-0.2, 0) is 0 Å². The minimum atomic E-state index is -0.526. The number of allylic oxidation sites excluding steroid dienone is 1. The molecule has 2 N–H and O–H groups in total. The quantitative estimate of drug-likeness (QED) is 0.852. The number of rotatable bonds is 5. The first-order valence-electron chi connectivity index (χ1n) is 7.68. The largest absolute Gasteiger partial charge is 0.341 e. The smallest absolute Gasteiger partial charge is 0.314 e. The summed E-state index contributed by atoms with van der Waals surface area (Å²) in [6, 6.07) is 12.6. The molecule has 0 aliphatic heterocycles. The minimum Gasteiger partial charge on any atom is -0.341 e. The van der Waals surface area contributed by atoms with Crippen molar-refractivity contribution < 1.29 is 13.6 Å². The molecule has 2 aromatic rings. The number of carbonyl (C=O) groups excluding carboxylic acids is 1. The van der Waals surface area contributed by atoms with Crippen molar-refractivity contribution in [2.75, 3.05) is 13.6 Å². The Balaban J connectivity index is 2.36. The third-order valence-electron chi connectivity index (χ3n) is 3.72. The van der Waals surface area contributed by atoms with Gasteiger partial charge in [0.05, 0.1) is 0 Å². The SMILES string of the molecule is CNC(=O)NC/C(=C\[C@@H](C)c1ccccc1)c1cc(F)ccc1F. The number of hydrogen-bond donors (Lipinski definition) is 2. The number of nitrogens with one attached hydrogen (secondary N) is 2. The van der Waals surface area contributed by atoms with Gasteiger partial charge in [0.2, 0.25) is 0 Å². The van der Waals surface area contributed by atoms with Crippen molar-refractivity contribution in [1.29, 1.82) is 0 Å². The highest BCUT2D eigenvalue weighted by Gasteiger charge is 2.13. The first-order chi connectivity index (χ1) is 11.5. The van der Waals surface area contributed by atoms with E-state index in [9.17, 15) is 13.6 Å². The highest BCUT2D eigenvalue weighted by Crippen LogP contribution is 2.25. The van der Waals surface area contributed by atoms with Crippen LogP contribution < -0.4 is 10.6 Å². The molecule has 0 aliphatic carbocycles. The first-order valence-corrected chi connectivity index (χ1v) is 7.68. The lowest BCUT2D eigenvalue weighted by molar-refractivity contribution is 0.244. The fourth-order valence-electron chi connectivity index (χ4n) is 2.41. The summed E-state index contributed by atoms with van der Waals surface area (Å²) in [5.41, 5.74) is 1.72. The maximum Gasteiger partial charge on any atom is 0.314 e. The molecule has 2 aromatic carbocycles. The van der Waals surface area contributed by atoms with E-state index < -0.39 is 11.6 Å². The van der Waals surface area contributed by atoms with Crippen LogP contribution in [0.2, 0.25) is 0 Å².